The van der Waals surface area contributed by atoms with Crippen molar-refractivity contribution in [3.8, 4) is 0 Å². The molecular formula is C18H30N4OS. The Morgan fingerprint density at radius 2 is 2.12 bits per heavy atom. The number of fused-ring (bicyclic) bond motifs is 1. The van der Waals surface area contributed by atoms with E-state index in [2.05, 4.69) is 30.8 Å². The molecule has 3 rings (SSSR count). The third kappa shape index (κ3) is 3.80. The number of rotatable bonds is 5. The fraction of sp³-hybridized carbons (Fsp3) is 0.778. The van der Waals surface area contributed by atoms with Crippen LogP contribution in [-0.2, 0) is 19.4 Å². The van der Waals surface area contributed by atoms with Crippen LogP contribution in [0.2, 0.25) is 0 Å². The van der Waals surface area contributed by atoms with Crippen LogP contribution in [0.15, 0.2) is 0 Å². The summed E-state index contributed by atoms with van der Waals surface area (Å²) in [7, 11) is 0. The zero-order chi connectivity index (χ0) is 17.1. The van der Waals surface area contributed by atoms with E-state index in [0.717, 1.165) is 62.6 Å². The van der Waals surface area contributed by atoms with E-state index in [0.29, 0.717) is 12.0 Å². The number of carbonyl (C=O) groups excluding carboxylic acids is 1. The van der Waals surface area contributed by atoms with Crippen LogP contribution in [0.25, 0.3) is 0 Å². The lowest BCUT2D eigenvalue weighted by Gasteiger charge is -2.28. The highest BCUT2D eigenvalue weighted by Crippen LogP contribution is 2.26. The molecule has 1 aliphatic heterocycles. The van der Waals surface area contributed by atoms with Crippen molar-refractivity contribution in [2.75, 3.05) is 31.1 Å². The third-order valence-electron chi connectivity index (χ3n) is 4.96. The van der Waals surface area contributed by atoms with Gasteiger partial charge in [-0.25, -0.2) is 0 Å². The Hall–Kier alpha value is -1.01. The van der Waals surface area contributed by atoms with Crippen LogP contribution >= 0.6 is 11.8 Å². The molecule has 24 heavy (non-hydrogen) atoms. The van der Waals surface area contributed by atoms with E-state index in [1.807, 2.05) is 16.7 Å². The van der Waals surface area contributed by atoms with Crippen LogP contribution in [-0.4, -0.2) is 57.8 Å². The van der Waals surface area contributed by atoms with Crippen molar-refractivity contribution in [2.24, 2.45) is 5.92 Å². The number of aromatic nitrogens is 2. The van der Waals surface area contributed by atoms with Gasteiger partial charge in [-0.15, -0.1) is 0 Å². The predicted octanol–water partition coefficient (Wildman–Crippen LogP) is 2.19. The minimum atomic E-state index is 0.142. The Bertz CT molecular complexity index is 578. The first kappa shape index (κ1) is 17.8. The van der Waals surface area contributed by atoms with Crippen molar-refractivity contribution in [1.29, 1.82) is 0 Å². The molecule has 0 aromatic carbocycles. The van der Waals surface area contributed by atoms with Gasteiger partial charge in [-0.2, -0.15) is 16.9 Å². The van der Waals surface area contributed by atoms with Crippen molar-refractivity contribution < 1.29 is 4.79 Å². The second-order valence-corrected chi connectivity index (χ2v) is 8.46. The van der Waals surface area contributed by atoms with Gasteiger partial charge in [0.05, 0.1) is 0 Å². The lowest BCUT2D eigenvalue weighted by atomic mass is 9.90. The summed E-state index contributed by atoms with van der Waals surface area (Å²) in [5.41, 5.74) is 3.21. The molecule has 134 valence electrons. The van der Waals surface area contributed by atoms with E-state index in [4.69, 9.17) is 5.10 Å². The first-order valence-corrected chi connectivity index (χ1v) is 10.4. The lowest BCUT2D eigenvalue weighted by Crippen LogP contribution is -2.40. The molecule has 0 radical (unpaired) electrons. The molecule has 6 heteroatoms. The van der Waals surface area contributed by atoms with Gasteiger partial charge in [-0.05, 0) is 38.6 Å². The number of nitrogens with zero attached hydrogens (tertiary/aromatic N) is 3. The summed E-state index contributed by atoms with van der Waals surface area (Å²) in [5, 5.41) is 8.38. The SMILES string of the molecule is CCn1nc(C(=O)N2CCSCC2)c2c1CCC(NCC(C)C)C2. The molecule has 2 aliphatic rings. The van der Waals surface area contributed by atoms with E-state index < -0.39 is 0 Å². The summed E-state index contributed by atoms with van der Waals surface area (Å²) >= 11 is 1.93. The number of hydrogen-bond acceptors (Lipinski definition) is 4. The fourth-order valence-electron chi connectivity index (χ4n) is 3.61. The normalized spacial score (nSPS) is 21.2. The number of carbonyl (C=O) groups is 1. The van der Waals surface area contributed by atoms with E-state index in [1.54, 1.807) is 0 Å². The zero-order valence-electron chi connectivity index (χ0n) is 15.2. The van der Waals surface area contributed by atoms with Crippen LogP contribution in [0.4, 0.5) is 0 Å². The van der Waals surface area contributed by atoms with Crippen molar-refractivity contribution in [3.05, 3.63) is 17.0 Å². The molecule has 1 aromatic rings. The van der Waals surface area contributed by atoms with Gasteiger partial charge in [0, 0.05) is 48.4 Å². The van der Waals surface area contributed by atoms with Crippen molar-refractivity contribution in [2.45, 2.75) is 52.6 Å². The monoisotopic (exact) mass is 350 g/mol. The number of aryl methyl sites for hydroxylation is 1. The highest BCUT2D eigenvalue weighted by Gasteiger charge is 2.31. The van der Waals surface area contributed by atoms with Gasteiger partial charge in [0.1, 0.15) is 0 Å². The number of thioether (sulfide) groups is 1. The van der Waals surface area contributed by atoms with Crippen molar-refractivity contribution in [1.82, 2.24) is 20.0 Å². The Morgan fingerprint density at radius 3 is 2.79 bits per heavy atom. The van der Waals surface area contributed by atoms with Gasteiger partial charge >= 0.3 is 0 Å². The number of hydrogen-bond donors (Lipinski definition) is 1. The van der Waals surface area contributed by atoms with Crippen LogP contribution in [0.3, 0.4) is 0 Å². The smallest absolute Gasteiger partial charge is 0.274 e. The predicted molar refractivity (Wildman–Crippen MR) is 99.8 cm³/mol. The van der Waals surface area contributed by atoms with E-state index in [9.17, 15) is 4.79 Å². The molecule has 1 aliphatic carbocycles. The number of amides is 1. The summed E-state index contributed by atoms with van der Waals surface area (Å²) in [6, 6.07) is 0.470. The molecule has 1 fully saturated rings. The number of nitrogens with one attached hydrogen (secondary N) is 1. The Morgan fingerprint density at radius 1 is 1.38 bits per heavy atom. The molecule has 0 spiro atoms. The maximum Gasteiger partial charge on any atom is 0.274 e. The van der Waals surface area contributed by atoms with Gasteiger partial charge < -0.3 is 10.2 Å². The molecule has 5 nitrogen and oxygen atoms in total. The maximum absolute atomic E-state index is 13.0. The molecule has 0 bridgehead atoms. The first-order valence-electron chi connectivity index (χ1n) is 9.29. The van der Waals surface area contributed by atoms with Crippen LogP contribution in [0.1, 0.15) is 48.9 Å². The molecular weight excluding hydrogens is 320 g/mol. The van der Waals surface area contributed by atoms with Crippen molar-refractivity contribution >= 4 is 17.7 Å². The van der Waals surface area contributed by atoms with Gasteiger partial charge in [-0.1, -0.05) is 13.8 Å². The molecule has 1 N–H and O–H groups in total. The summed E-state index contributed by atoms with van der Waals surface area (Å²) in [4.78, 5) is 15.0. The van der Waals surface area contributed by atoms with E-state index in [1.165, 1.54) is 11.3 Å². The molecule has 2 heterocycles. The van der Waals surface area contributed by atoms with Crippen LogP contribution in [0.5, 0.6) is 0 Å². The van der Waals surface area contributed by atoms with E-state index >= 15 is 0 Å². The quantitative estimate of drug-likeness (QED) is 0.884. The molecule has 1 saturated heterocycles. The highest BCUT2D eigenvalue weighted by molar-refractivity contribution is 7.99. The minimum absolute atomic E-state index is 0.142. The highest BCUT2D eigenvalue weighted by atomic mass is 32.2. The Labute approximate surface area is 149 Å². The Kier molecular flexibility index (Phi) is 5.87. The molecule has 1 amide bonds. The second-order valence-electron chi connectivity index (χ2n) is 7.24. The minimum Gasteiger partial charge on any atom is -0.336 e. The van der Waals surface area contributed by atoms with Crippen LogP contribution in [0, 0.1) is 5.92 Å². The van der Waals surface area contributed by atoms with Gasteiger partial charge in [0.2, 0.25) is 0 Å². The average Bonchev–Trinajstić information content (AvgIpc) is 2.98. The standard InChI is InChI=1S/C18H30N4OS/c1-4-22-16-6-5-14(19-12-13(2)3)11-15(16)17(20-22)18(23)21-7-9-24-10-8-21/h13-14,19H,4-12H2,1-3H3. The largest absolute Gasteiger partial charge is 0.336 e. The van der Waals surface area contributed by atoms with Crippen molar-refractivity contribution in [3.63, 3.8) is 0 Å². The van der Waals surface area contributed by atoms with Gasteiger partial charge in [0.15, 0.2) is 5.69 Å². The molecule has 0 saturated carbocycles. The summed E-state index contributed by atoms with van der Waals surface area (Å²) in [6.07, 6.45) is 3.10. The fourth-order valence-corrected chi connectivity index (χ4v) is 4.52. The van der Waals surface area contributed by atoms with Gasteiger partial charge in [0.25, 0.3) is 5.91 Å². The topological polar surface area (TPSA) is 50.2 Å². The first-order chi connectivity index (χ1) is 11.6. The zero-order valence-corrected chi connectivity index (χ0v) is 16.0. The van der Waals surface area contributed by atoms with E-state index in [-0.39, 0.29) is 5.91 Å². The molecule has 1 atom stereocenters. The summed E-state index contributed by atoms with van der Waals surface area (Å²) < 4.78 is 2.06. The summed E-state index contributed by atoms with van der Waals surface area (Å²) in [5.74, 6) is 2.88. The van der Waals surface area contributed by atoms with Gasteiger partial charge in [-0.3, -0.25) is 9.48 Å². The lowest BCUT2D eigenvalue weighted by molar-refractivity contribution is 0.0764. The molecule has 1 unspecified atom stereocenters. The second kappa shape index (κ2) is 7.91. The Balaban J connectivity index is 1.80. The molecule has 1 aromatic heterocycles. The third-order valence-corrected chi connectivity index (χ3v) is 5.90. The van der Waals surface area contributed by atoms with Crippen LogP contribution < -0.4 is 5.32 Å². The summed E-state index contributed by atoms with van der Waals surface area (Å²) in [6.45, 7) is 10.2. The maximum atomic E-state index is 13.0. The average molecular weight is 351 g/mol.